The number of nitrogens with one attached hydrogen (secondary N) is 1. The van der Waals surface area contributed by atoms with Crippen LogP contribution in [0.15, 0.2) is 30.3 Å². The molecule has 1 aromatic carbocycles. The highest BCUT2D eigenvalue weighted by Crippen LogP contribution is 2.55. The Hall–Kier alpha value is -1.84. The molecule has 0 saturated heterocycles. The van der Waals surface area contributed by atoms with E-state index in [1.165, 1.54) is 5.56 Å². The van der Waals surface area contributed by atoms with Gasteiger partial charge in [0.2, 0.25) is 5.91 Å². The van der Waals surface area contributed by atoms with E-state index < -0.39 is 16.8 Å². The first kappa shape index (κ1) is 17.5. The summed E-state index contributed by atoms with van der Waals surface area (Å²) >= 11 is 0. The molecule has 2 rings (SSSR count). The normalized spacial score (nSPS) is 27.4. The monoisotopic (exact) mass is 316 g/mol. The largest absolute Gasteiger partial charge is 0.550 e. The maximum absolute atomic E-state index is 12.6. The van der Waals surface area contributed by atoms with Gasteiger partial charge in [0.1, 0.15) is 0 Å². The van der Waals surface area contributed by atoms with Gasteiger partial charge in [-0.05, 0) is 37.2 Å². The summed E-state index contributed by atoms with van der Waals surface area (Å²) in [6.45, 7) is 7.40. The van der Waals surface area contributed by atoms with E-state index in [1.54, 1.807) is 6.92 Å². The quantitative estimate of drug-likeness (QED) is 0.902. The van der Waals surface area contributed by atoms with Gasteiger partial charge < -0.3 is 15.2 Å². The minimum absolute atomic E-state index is 0.00973. The van der Waals surface area contributed by atoms with Crippen LogP contribution in [0.2, 0.25) is 0 Å². The second-order valence-corrected chi connectivity index (χ2v) is 7.53. The second-order valence-electron chi connectivity index (χ2n) is 7.53. The summed E-state index contributed by atoms with van der Waals surface area (Å²) in [5, 5.41) is 14.6. The van der Waals surface area contributed by atoms with Crippen molar-refractivity contribution in [2.45, 2.75) is 53.0 Å². The maximum Gasteiger partial charge on any atom is 0.223 e. The van der Waals surface area contributed by atoms with Gasteiger partial charge in [0.15, 0.2) is 0 Å². The molecular weight excluding hydrogens is 290 g/mol. The van der Waals surface area contributed by atoms with Crippen molar-refractivity contribution in [3.05, 3.63) is 35.9 Å². The Morgan fingerprint density at radius 2 is 1.87 bits per heavy atom. The zero-order valence-electron chi connectivity index (χ0n) is 14.4. The summed E-state index contributed by atoms with van der Waals surface area (Å²) in [7, 11) is 0. The van der Waals surface area contributed by atoms with Crippen molar-refractivity contribution in [2.24, 2.45) is 16.7 Å². The van der Waals surface area contributed by atoms with E-state index in [0.717, 1.165) is 6.42 Å². The topological polar surface area (TPSA) is 69.2 Å². The molecule has 1 amide bonds. The predicted octanol–water partition coefficient (Wildman–Crippen LogP) is 1.93. The Bertz CT molecular complexity index is 582. The van der Waals surface area contributed by atoms with E-state index in [1.807, 2.05) is 51.1 Å². The van der Waals surface area contributed by atoms with Crippen molar-refractivity contribution in [1.29, 1.82) is 0 Å². The van der Waals surface area contributed by atoms with Gasteiger partial charge in [-0.3, -0.25) is 4.79 Å². The van der Waals surface area contributed by atoms with E-state index in [2.05, 4.69) is 5.32 Å². The number of hydrogen-bond acceptors (Lipinski definition) is 3. The third-order valence-corrected chi connectivity index (χ3v) is 5.77. The van der Waals surface area contributed by atoms with E-state index in [4.69, 9.17) is 0 Å². The van der Waals surface area contributed by atoms with Gasteiger partial charge in [-0.25, -0.2) is 0 Å². The van der Waals surface area contributed by atoms with Crippen molar-refractivity contribution >= 4 is 11.9 Å². The van der Waals surface area contributed by atoms with E-state index in [0.29, 0.717) is 12.8 Å². The van der Waals surface area contributed by atoms with Crippen molar-refractivity contribution in [2.75, 3.05) is 0 Å². The molecule has 3 atom stereocenters. The molecule has 0 unspecified atom stereocenters. The number of aliphatic carboxylic acids is 1. The fourth-order valence-electron chi connectivity index (χ4n) is 3.69. The molecule has 1 aliphatic rings. The van der Waals surface area contributed by atoms with Gasteiger partial charge in [-0.15, -0.1) is 0 Å². The van der Waals surface area contributed by atoms with Crippen LogP contribution in [-0.2, 0) is 16.0 Å². The molecule has 1 N–H and O–H groups in total. The second kappa shape index (κ2) is 6.34. The number of carbonyl (C=O) groups is 2. The van der Waals surface area contributed by atoms with Gasteiger partial charge in [-0.1, -0.05) is 51.1 Å². The third kappa shape index (κ3) is 3.26. The Labute approximate surface area is 138 Å². The molecule has 0 bridgehead atoms. The molecular formula is C19H26NO3-. The highest BCUT2D eigenvalue weighted by molar-refractivity contribution is 5.83. The van der Waals surface area contributed by atoms with Gasteiger partial charge in [-0.2, -0.15) is 0 Å². The Balaban J connectivity index is 2.02. The number of amides is 1. The van der Waals surface area contributed by atoms with Crippen molar-refractivity contribution < 1.29 is 14.7 Å². The lowest BCUT2D eigenvalue weighted by Gasteiger charge is -2.42. The average Bonchev–Trinajstić information content (AvgIpc) is 2.71. The number of carboxylic acids is 1. The highest BCUT2D eigenvalue weighted by Gasteiger charge is 2.54. The van der Waals surface area contributed by atoms with Crippen LogP contribution < -0.4 is 10.4 Å². The lowest BCUT2D eigenvalue weighted by molar-refractivity contribution is -0.323. The van der Waals surface area contributed by atoms with Crippen LogP contribution in [0.25, 0.3) is 0 Å². The third-order valence-electron chi connectivity index (χ3n) is 5.77. The number of benzene rings is 1. The molecule has 0 spiro atoms. The van der Waals surface area contributed by atoms with E-state index in [9.17, 15) is 14.7 Å². The van der Waals surface area contributed by atoms with Crippen LogP contribution in [0, 0.1) is 16.7 Å². The van der Waals surface area contributed by atoms with Gasteiger partial charge >= 0.3 is 0 Å². The summed E-state index contributed by atoms with van der Waals surface area (Å²) in [6.07, 6.45) is 1.83. The van der Waals surface area contributed by atoms with Crippen LogP contribution in [0.3, 0.4) is 0 Å². The summed E-state index contributed by atoms with van der Waals surface area (Å²) in [5.41, 5.74) is -0.411. The van der Waals surface area contributed by atoms with Crippen LogP contribution in [0.5, 0.6) is 0 Å². The minimum atomic E-state index is -1.06. The Morgan fingerprint density at radius 1 is 1.26 bits per heavy atom. The summed E-state index contributed by atoms with van der Waals surface area (Å²) in [6, 6.07) is 10.0. The molecule has 0 radical (unpaired) electrons. The molecule has 1 saturated carbocycles. The molecule has 23 heavy (non-hydrogen) atoms. The number of carboxylic acid groups (broad SMARTS) is 1. The van der Waals surface area contributed by atoms with Gasteiger partial charge in [0, 0.05) is 23.3 Å². The Morgan fingerprint density at radius 3 is 2.39 bits per heavy atom. The first-order valence-corrected chi connectivity index (χ1v) is 8.24. The molecule has 126 valence electrons. The molecule has 4 nitrogen and oxygen atoms in total. The lowest BCUT2D eigenvalue weighted by atomic mass is 9.65. The standard InChI is InChI=1S/C19H27NO3/c1-13(12-14-8-6-5-7-9-14)20-16(21)15-10-11-19(4,17(22)23)18(15,2)3/h5-9,13,15H,10-12H2,1-4H3,(H,20,21)(H,22,23)/p-1/t13-,15-,19-/m0/s1. The first-order chi connectivity index (χ1) is 10.7. The number of carbonyl (C=O) groups excluding carboxylic acids is 2. The fourth-order valence-corrected chi connectivity index (χ4v) is 3.69. The molecule has 4 heteroatoms. The number of rotatable bonds is 5. The van der Waals surface area contributed by atoms with Gasteiger partial charge in [0.05, 0.1) is 0 Å². The fraction of sp³-hybridized carbons (Fsp3) is 0.579. The highest BCUT2D eigenvalue weighted by atomic mass is 16.4. The minimum Gasteiger partial charge on any atom is -0.550 e. The molecule has 0 aliphatic heterocycles. The zero-order valence-corrected chi connectivity index (χ0v) is 14.4. The smallest absolute Gasteiger partial charge is 0.223 e. The summed E-state index contributed by atoms with van der Waals surface area (Å²) < 4.78 is 0. The first-order valence-electron chi connectivity index (χ1n) is 8.24. The van der Waals surface area contributed by atoms with E-state index in [-0.39, 0.29) is 17.9 Å². The summed E-state index contributed by atoms with van der Waals surface area (Å²) in [4.78, 5) is 24.2. The van der Waals surface area contributed by atoms with Crippen molar-refractivity contribution in [1.82, 2.24) is 5.32 Å². The van der Waals surface area contributed by atoms with Crippen molar-refractivity contribution in [3.8, 4) is 0 Å². The van der Waals surface area contributed by atoms with Crippen LogP contribution in [0.4, 0.5) is 0 Å². The number of hydrogen-bond donors (Lipinski definition) is 1. The zero-order chi connectivity index (χ0) is 17.3. The Kier molecular flexibility index (Phi) is 4.83. The maximum atomic E-state index is 12.6. The average molecular weight is 316 g/mol. The summed E-state index contributed by atoms with van der Waals surface area (Å²) in [5.74, 6) is -1.41. The van der Waals surface area contributed by atoms with Crippen LogP contribution in [0.1, 0.15) is 46.1 Å². The van der Waals surface area contributed by atoms with Gasteiger partial charge in [0.25, 0.3) is 0 Å². The molecule has 1 fully saturated rings. The van der Waals surface area contributed by atoms with Crippen LogP contribution >= 0.6 is 0 Å². The van der Waals surface area contributed by atoms with Crippen LogP contribution in [-0.4, -0.2) is 17.9 Å². The SMILES string of the molecule is C[C@@H](Cc1ccccc1)NC(=O)[C@@H]1CC[C@@](C)(C(=O)[O-])C1(C)C. The molecule has 1 aromatic rings. The molecule has 0 heterocycles. The molecule has 1 aliphatic carbocycles. The molecule has 0 aromatic heterocycles. The predicted molar refractivity (Wildman–Crippen MR) is 87.4 cm³/mol. The van der Waals surface area contributed by atoms with Crippen molar-refractivity contribution in [3.63, 3.8) is 0 Å². The van der Waals surface area contributed by atoms with E-state index >= 15 is 0 Å². The lowest BCUT2D eigenvalue weighted by Crippen LogP contribution is -2.51.